The van der Waals surface area contributed by atoms with Crippen molar-refractivity contribution in [2.75, 3.05) is 0 Å². The number of hydrogen-bond acceptors (Lipinski definition) is 2. The maximum absolute atomic E-state index is 11.6. The van der Waals surface area contributed by atoms with Crippen molar-refractivity contribution in [3.8, 4) is 0 Å². The van der Waals surface area contributed by atoms with Gasteiger partial charge >= 0.3 is 0 Å². The van der Waals surface area contributed by atoms with Crippen molar-refractivity contribution in [1.82, 2.24) is 0 Å². The summed E-state index contributed by atoms with van der Waals surface area (Å²) in [5, 5.41) is 9.82. The van der Waals surface area contributed by atoms with E-state index in [1.165, 1.54) is 19.3 Å². The van der Waals surface area contributed by atoms with Gasteiger partial charge in [-0.1, -0.05) is 26.7 Å². The predicted octanol–water partition coefficient (Wildman–Crippen LogP) is 3.96. The van der Waals surface area contributed by atoms with Crippen LogP contribution in [-0.2, 0) is 4.79 Å². The molecule has 19 heavy (non-hydrogen) atoms. The molecule has 5 unspecified atom stereocenters. The van der Waals surface area contributed by atoms with Crippen molar-refractivity contribution in [3.05, 3.63) is 0 Å². The predicted molar refractivity (Wildman–Crippen MR) is 77.9 cm³/mol. The highest BCUT2D eigenvalue weighted by Gasteiger charge is 2.34. The zero-order valence-electron chi connectivity index (χ0n) is 12.6. The van der Waals surface area contributed by atoms with Crippen LogP contribution in [0.4, 0.5) is 0 Å². The van der Waals surface area contributed by atoms with E-state index in [0.717, 1.165) is 50.4 Å². The molecule has 2 aliphatic rings. The summed E-state index contributed by atoms with van der Waals surface area (Å²) in [6.45, 7) is 4.50. The van der Waals surface area contributed by atoms with E-state index in [-0.39, 0.29) is 6.10 Å². The summed E-state index contributed by atoms with van der Waals surface area (Å²) in [5.41, 5.74) is 0. The van der Waals surface area contributed by atoms with Gasteiger partial charge in [0.15, 0.2) is 0 Å². The van der Waals surface area contributed by atoms with Crippen LogP contribution in [0.2, 0.25) is 0 Å². The van der Waals surface area contributed by atoms with E-state index in [0.29, 0.717) is 17.6 Å². The number of Topliss-reactive ketones (excluding diaryl/α,β-unsaturated/α-hetero) is 1. The summed E-state index contributed by atoms with van der Waals surface area (Å²) >= 11 is 0. The minimum atomic E-state index is -0.0592. The van der Waals surface area contributed by atoms with Gasteiger partial charge in [0.05, 0.1) is 6.10 Å². The molecule has 0 aromatic carbocycles. The molecule has 2 saturated carbocycles. The average Bonchev–Trinajstić information content (AvgIpc) is 2.42. The Bertz CT molecular complexity index is 300. The Morgan fingerprint density at radius 3 is 2.37 bits per heavy atom. The second-order valence-electron chi connectivity index (χ2n) is 6.84. The smallest absolute Gasteiger partial charge is 0.133 e. The standard InChI is InChI=1S/C17H30O2/c1-3-12-10-16(18)7-5-14(12)9-15-6-8-17(19)11-13(15)4-2/h12-16,18H,3-11H2,1-2H3. The van der Waals surface area contributed by atoms with Crippen LogP contribution in [0.25, 0.3) is 0 Å². The molecule has 1 N–H and O–H groups in total. The van der Waals surface area contributed by atoms with E-state index in [9.17, 15) is 9.90 Å². The van der Waals surface area contributed by atoms with Crippen LogP contribution in [0.15, 0.2) is 0 Å². The molecular weight excluding hydrogens is 236 g/mol. The molecule has 2 rings (SSSR count). The Morgan fingerprint density at radius 2 is 1.68 bits per heavy atom. The van der Waals surface area contributed by atoms with Crippen LogP contribution >= 0.6 is 0 Å². The highest BCUT2D eigenvalue weighted by Crippen LogP contribution is 2.41. The molecule has 5 atom stereocenters. The molecule has 0 aromatic rings. The maximum Gasteiger partial charge on any atom is 0.133 e. The van der Waals surface area contributed by atoms with Crippen LogP contribution in [0.5, 0.6) is 0 Å². The van der Waals surface area contributed by atoms with Gasteiger partial charge in [0.2, 0.25) is 0 Å². The summed E-state index contributed by atoms with van der Waals surface area (Å²) < 4.78 is 0. The SMILES string of the molecule is CCC1CC(=O)CCC1CC1CCC(O)CC1CC. The lowest BCUT2D eigenvalue weighted by atomic mass is 9.67. The molecule has 0 spiro atoms. The third-order valence-electron chi connectivity index (χ3n) is 5.72. The van der Waals surface area contributed by atoms with Crippen LogP contribution in [0, 0.1) is 23.7 Å². The minimum absolute atomic E-state index is 0.0592. The fraction of sp³-hybridized carbons (Fsp3) is 0.941. The summed E-state index contributed by atoms with van der Waals surface area (Å²) in [4.78, 5) is 11.6. The second kappa shape index (κ2) is 6.88. The van der Waals surface area contributed by atoms with E-state index in [4.69, 9.17) is 0 Å². The number of carbonyl (C=O) groups is 1. The van der Waals surface area contributed by atoms with Crippen LogP contribution < -0.4 is 0 Å². The van der Waals surface area contributed by atoms with E-state index in [2.05, 4.69) is 13.8 Å². The average molecular weight is 266 g/mol. The zero-order chi connectivity index (χ0) is 13.8. The Balaban J connectivity index is 1.93. The summed E-state index contributed by atoms with van der Waals surface area (Å²) in [5.74, 6) is 3.37. The van der Waals surface area contributed by atoms with Gasteiger partial charge in [-0.3, -0.25) is 4.79 Å². The molecule has 2 nitrogen and oxygen atoms in total. The van der Waals surface area contributed by atoms with Crippen molar-refractivity contribution in [3.63, 3.8) is 0 Å². The normalized spacial score (nSPS) is 40.4. The first-order chi connectivity index (χ1) is 9.13. The first kappa shape index (κ1) is 15.0. The van der Waals surface area contributed by atoms with Crippen molar-refractivity contribution < 1.29 is 9.90 Å². The number of ketones is 1. The molecule has 0 saturated heterocycles. The Hall–Kier alpha value is -0.370. The van der Waals surface area contributed by atoms with Gasteiger partial charge in [0, 0.05) is 12.8 Å². The fourth-order valence-corrected chi connectivity index (χ4v) is 4.43. The molecule has 110 valence electrons. The number of aliphatic hydroxyl groups excluding tert-OH is 1. The van der Waals surface area contributed by atoms with Crippen molar-refractivity contribution in [1.29, 1.82) is 0 Å². The molecular formula is C17H30O2. The number of carbonyl (C=O) groups excluding carboxylic acids is 1. The van der Waals surface area contributed by atoms with Gasteiger partial charge < -0.3 is 5.11 Å². The number of aliphatic hydroxyl groups is 1. The monoisotopic (exact) mass is 266 g/mol. The Kier molecular flexibility index (Phi) is 5.44. The van der Waals surface area contributed by atoms with Gasteiger partial charge in [-0.05, 0) is 55.8 Å². The van der Waals surface area contributed by atoms with Gasteiger partial charge in [0.25, 0.3) is 0 Å². The van der Waals surface area contributed by atoms with Crippen LogP contribution in [0.3, 0.4) is 0 Å². The lowest BCUT2D eigenvalue weighted by Gasteiger charge is -2.39. The number of rotatable bonds is 4. The van der Waals surface area contributed by atoms with Gasteiger partial charge in [-0.2, -0.15) is 0 Å². The third kappa shape index (κ3) is 3.81. The summed E-state index contributed by atoms with van der Waals surface area (Å²) in [7, 11) is 0. The second-order valence-corrected chi connectivity index (χ2v) is 6.84. The Labute approximate surface area is 118 Å². The topological polar surface area (TPSA) is 37.3 Å². The van der Waals surface area contributed by atoms with Gasteiger partial charge in [-0.15, -0.1) is 0 Å². The highest BCUT2D eigenvalue weighted by molar-refractivity contribution is 5.79. The van der Waals surface area contributed by atoms with E-state index >= 15 is 0 Å². The quantitative estimate of drug-likeness (QED) is 0.836. The minimum Gasteiger partial charge on any atom is -0.393 e. The van der Waals surface area contributed by atoms with E-state index < -0.39 is 0 Å². The largest absolute Gasteiger partial charge is 0.393 e. The summed E-state index contributed by atoms with van der Waals surface area (Å²) in [6.07, 6.45) is 9.54. The summed E-state index contributed by atoms with van der Waals surface area (Å²) in [6, 6.07) is 0. The van der Waals surface area contributed by atoms with Crippen molar-refractivity contribution in [2.24, 2.45) is 23.7 Å². The molecule has 0 radical (unpaired) electrons. The van der Waals surface area contributed by atoms with E-state index in [1.54, 1.807) is 0 Å². The molecule has 2 fully saturated rings. The molecule has 0 bridgehead atoms. The lowest BCUT2D eigenvalue weighted by molar-refractivity contribution is -0.123. The fourth-order valence-electron chi connectivity index (χ4n) is 4.43. The highest BCUT2D eigenvalue weighted by atomic mass is 16.3. The first-order valence-corrected chi connectivity index (χ1v) is 8.33. The Morgan fingerprint density at radius 1 is 1.00 bits per heavy atom. The lowest BCUT2D eigenvalue weighted by Crippen LogP contribution is -2.32. The molecule has 2 heteroatoms. The van der Waals surface area contributed by atoms with E-state index in [1.807, 2.05) is 0 Å². The van der Waals surface area contributed by atoms with Crippen molar-refractivity contribution >= 4 is 5.78 Å². The maximum atomic E-state index is 11.6. The van der Waals surface area contributed by atoms with Crippen LogP contribution in [-0.4, -0.2) is 17.0 Å². The van der Waals surface area contributed by atoms with Gasteiger partial charge in [0.1, 0.15) is 5.78 Å². The third-order valence-corrected chi connectivity index (χ3v) is 5.72. The zero-order valence-corrected chi connectivity index (χ0v) is 12.6. The molecule has 0 aromatic heterocycles. The molecule has 0 heterocycles. The van der Waals surface area contributed by atoms with Gasteiger partial charge in [-0.25, -0.2) is 0 Å². The number of hydrogen-bond donors (Lipinski definition) is 1. The molecule has 0 aliphatic heterocycles. The first-order valence-electron chi connectivity index (χ1n) is 8.33. The van der Waals surface area contributed by atoms with Crippen molar-refractivity contribution in [2.45, 2.75) is 77.7 Å². The van der Waals surface area contributed by atoms with Crippen LogP contribution in [0.1, 0.15) is 71.6 Å². The molecule has 0 amide bonds. The molecule has 2 aliphatic carbocycles.